The van der Waals surface area contributed by atoms with Crippen LogP contribution in [-0.2, 0) is 10.0 Å². The maximum Gasteiger partial charge on any atom is 0.263 e. The molecule has 0 amide bonds. The van der Waals surface area contributed by atoms with Gasteiger partial charge in [0.15, 0.2) is 0 Å². The quantitative estimate of drug-likeness (QED) is 0.759. The fourth-order valence-electron chi connectivity index (χ4n) is 2.66. The highest BCUT2D eigenvalue weighted by Gasteiger charge is 2.19. The standard InChI is InChI=1S/C19H27N3O3S/c1-6-7-10-22(4)16-8-9-19(20-13-16)21-26(23,24)18-12-14(2)17(25-5)11-15(18)3/h8-9,11-13H,6-7,10H2,1-5H3,(H,20,21). The number of unbranched alkanes of at least 4 members (excludes halogenated alkanes) is 1. The van der Waals surface area contributed by atoms with E-state index in [1.54, 1.807) is 38.4 Å². The predicted molar refractivity (Wildman–Crippen MR) is 106 cm³/mol. The molecule has 0 atom stereocenters. The molecule has 0 radical (unpaired) electrons. The van der Waals surface area contributed by atoms with Gasteiger partial charge >= 0.3 is 0 Å². The van der Waals surface area contributed by atoms with Crippen LogP contribution in [0.15, 0.2) is 35.4 Å². The van der Waals surface area contributed by atoms with Crippen molar-refractivity contribution in [2.75, 3.05) is 30.3 Å². The molecule has 1 heterocycles. The Bertz CT molecular complexity index is 849. The largest absolute Gasteiger partial charge is 0.496 e. The molecule has 0 aliphatic heterocycles. The van der Waals surface area contributed by atoms with Crippen LogP contribution in [0.4, 0.5) is 11.5 Å². The van der Waals surface area contributed by atoms with Crippen LogP contribution in [0.2, 0.25) is 0 Å². The van der Waals surface area contributed by atoms with E-state index in [-0.39, 0.29) is 4.90 Å². The fraction of sp³-hybridized carbons (Fsp3) is 0.421. The first-order chi connectivity index (χ1) is 12.3. The first-order valence-corrected chi connectivity index (χ1v) is 10.1. The summed E-state index contributed by atoms with van der Waals surface area (Å²) in [5, 5.41) is 0. The van der Waals surface area contributed by atoms with Crippen LogP contribution in [0, 0.1) is 13.8 Å². The van der Waals surface area contributed by atoms with Crippen molar-refractivity contribution in [1.29, 1.82) is 0 Å². The number of hydrogen-bond donors (Lipinski definition) is 1. The second-order valence-electron chi connectivity index (χ2n) is 6.37. The molecule has 142 valence electrons. The molecule has 6 nitrogen and oxygen atoms in total. The van der Waals surface area contributed by atoms with Gasteiger partial charge in [0.05, 0.1) is 23.9 Å². The normalized spacial score (nSPS) is 11.3. The summed E-state index contributed by atoms with van der Waals surface area (Å²) in [6.45, 7) is 6.65. The maximum atomic E-state index is 12.7. The van der Waals surface area contributed by atoms with Gasteiger partial charge in [0, 0.05) is 13.6 Å². The number of aromatic nitrogens is 1. The molecule has 0 saturated heterocycles. The summed E-state index contributed by atoms with van der Waals surface area (Å²) in [5.74, 6) is 0.963. The summed E-state index contributed by atoms with van der Waals surface area (Å²) in [6, 6.07) is 6.89. The second-order valence-corrected chi connectivity index (χ2v) is 8.02. The molecule has 0 unspecified atom stereocenters. The highest BCUT2D eigenvalue weighted by atomic mass is 32.2. The number of methoxy groups -OCH3 is 1. The molecule has 2 rings (SSSR count). The number of nitrogens with one attached hydrogen (secondary N) is 1. The van der Waals surface area contributed by atoms with Crippen molar-refractivity contribution in [2.45, 2.75) is 38.5 Å². The van der Waals surface area contributed by atoms with Crippen molar-refractivity contribution in [3.05, 3.63) is 41.6 Å². The Morgan fingerprint density at radius 3 is 2.50 bits per heavy atom. The van der Waals surface area contributed by atoms with E-state index < -0.39 is 10.0 Å². The maximum absolute atomic E-state index is 12.7. The Kier molecular flexibility index (Phi) is 6.47. The number of benzene rings is 1. The topological polar surface area (TPSA) is 71.5 Å². The zero-order valence-electron chi connectivity index (χ0n) is 16.0. The van der Waals surface area contributed by atoms with Gasteiger partial charge in [-0.05, 0) is 55.7 Å². The molecule has 0 bridgehead atoms. The van der Waals surface area contributed by atoms with E-state index >= 15 is 0 Å². The first-order valence-electron chi connectivity index (χ1n) is 8.63. The fourth-order valence-corrected chi connectivity index (χ4v) is 3.98. The summed E-state index contributed by atoms with van der Waals surface area (Å²) in [5.41, 5.74) is 2.34. The summed E-state index contributed by atoms with van der Waals surface area (Å²) in [6.07, 6.45) is 3.90. The molecule has 0 spiro atoms. The smallest absolute Gasteiger partial charge is 0.263 e. The number of hydrogen-bond acceptors (Lipinski definition) is 5. The van der Waals surface area contributed by atoms with E-state index in [0.29, 0.717) is 17.1 Å². The Balaban J connectivity index is 2.21. The van der Waals surface area contributed by atoms with E-state index in [2.05, 4.69) is 21.5 Å². The molecule has 26 heavy (non-hydrogen) atoms. The third kappa shape index (κ3) is 4.66. The van der Waals surface area contributed by atoms with Crippen molar-refractivity contribution >= 4 is 21.5 Å². The van der Waals surface area contributed by atoms with E-state index in [0.717, 1.165) is 30.6 Å². The molecule has 2 aromatic rings. The van der Waals surface area contributed by atoms with Gasteiger partial charge in [0.1, 0.15) is 11.6 Å². The minimum absolute atomic E-state index is 0.224. The zero-order chi connectivity index (χ0) is 19.3. The van der Waals surface area contributed by atoms with Crippen LogP contribution >= 0.6 is 0 Å². The van der Waals surface area contributed by atoms with Crippen LogP contribution < -0.4 is 14.4 Å². The number of sulfonamides is 1. The van der Waals surface area contributed by atoms with E-state index in [1.165, 1.54) is 0 Å². The van der Waals surface area contributed by atoms with E-state index in [9.17, 15) is 8.42 Å². The predicted octanol–water partition coefficient (Wildman–Crippen LogP) is 3.74. The monoisotopic (exact) mass is 377 g/mol. The number of anilines is 2. The molecular weight excluding hydrogens is 350 g/mol. The number of nitrogens with zero attached hydrogens (tertiary/aromatic N) is 2. The van der Waals surface area contributed by atoms with Gasteiger partial charge < -0.3 is 9.64 Å². The second kappa shape index (κ2) is 8.40. The molecule has 0 aliphatic carbocycles. The zero-order valence-corrected chi connectivity index (χ0v) is 16.9. The average molecular weight is 378 g/mol. The van der Waals surface area contributed by atoms with Gasteiger partial charge in [-0.25, -0.2) is 13.4 Å². The molecular formula is C19H27N3O3S. The number of pyridine rings is 1. The van der Waals surface area contributed by atoms with Crippen molar-refractivity contribution in [3.63, 3.8) is 0 Å². The molecule has 1 N–H and O–H groups in total. The van der Waals surface area contributed by atoms with Crippen molar-refractivity contribution in [2.24, 2.45) is 0 Å². The number of rotatable bonds is 8. The Labute approximate surface area is 156 Å². The van der Waals surface area contributed by atoms with Gasteiger partial charge in [0.2, 0.25) is 0 Å². The Morgan fingerprint density at radius 2 is 1.92 bits per heavy atom. The van der Waals surface area contributed by atoms with E-state index in [1.807, 2.05) is 20.0 Å². The summed E-state index contributed by atoms with van der Waals surface area (Å²) in [4.78, 5) is 6.57. The van der Waals surface area contributed by atoms with Gasteiger partial charge in [0.25, 0.3) is 10.0 Å². The van der Waals surface area contributed by atoms with Gasteiger partial charge in [-0.1, -0.05) is 13.3 Å². The summed E-state index contributed by atoms with van der Waals surface area (Å²) >= 11 is 0. The van der Waals surface area contributed by atoms with Crippen LogP contribution in [0.3, 0.4) is 0 Å². The molecule has 1 aromatic heterocycles. The van der Waals surface area contributed by atoms with Crippen LogP contribution in [0.1, 0.15) is 30.9 Å². The van der Waals surface area contributed by atoms with Gasteiger partial charge in [-0.3, -0.25) is 4.72 Å². The van der Waals surface area contributed by atoms with E-state index in [4.69, 9.17) is 4.74 Å². The molecule has 0 saturated carbocycles. The number of ether oxygens (including phenoxy) is 1. The van der Waals surface area contributed by atoms with Gasteiger partial charge in [-0.2, -0.15) is 0 Å². The van der Waals surface area contributed by atoms with Crippen LogP contribution in [-0.4, -0.2) is 34.1 Å². The minimum Gasteiger partial charge on any atom is -0.496 e. The van der Waals surface area contributed by atoms with Crippen LogP contribution in [0.25, 0.3) is 0 Å². The lowest BCUT2D eigenvalue weighted by Gasteiger charge is -2.19. The van der Waals surface area contributed by atoms with Crippen molar-refractivity contribution in [3.8, 4) is 5.75 Å². The lowest BCUT2D eigenvalue weighted by atomic mass is 10.1. The Morgan fingerprint density at radius 1 is 1.19 bits per heavy atom. The summed E-state index contributed by atoms with van der Waals surface area (Å²) in [7, 11) is -0.154. The Hall–Kier alpha value is -2.28. The highest BCUT2D eigenvalue weighted by molar-refractivity contribution is 7.92. The number of aryl methyl sites for hydroxylation is 2. The van der Waals surface area contributed by atoms with Crippen molar-refractivity contribution in [1.82, 2.24) is 4.98 Å². The molecule has 0 fully saturated rings. The first kappa shape index (κ1) is 20.0. The molecule has 0 aliphatic rings. The lowest BCUT2D eigenvalue weighted by molar-refractivity contribution is 0.411. The highest BCUT2D eigenvalue weighted by Crippen LogP contribution is 2.27. The molecule has 1 aromatic carbocycles. The minimum atomic E-state index is -3.72. The third-order valence-corrected chi connectivity index (χ3v) is 5.75. The summed E-state index contributed by atoms with van der Waals surface area (Å²) < 4.78 is 33.3. The third-order valence-electron chi connectivity index (χ3n) is 4.26. The SMILES string of the molecule is CCCCN(C)c1ccc(NS(=O)(=O)c2cc(C)c(OC)cc2C)nc1. The van der Waals surface area contributed by atoms with Crippen LogP contribution in [0.5, 0.6) is 5.75 Å². The average Bonchev–Trinajstić information content (AvgIpc) is 2.61. The molecule has 7 heteroatoms. The van der Waals surface area contributed by atoms with Gasteiger partial charge in [-0.15, -0.1) is 0 Å². The van der Waals surface area contributed by atoms with Crippen molar-refractivity contribution < 1.29 is 13.2 Å². The lowest BCUT2D eigenvalue weighted by Crippen LogP contribution is -2.19.